The summed E-state index contributed by atoms with van der Waals surface area (Å²) in [4.78, 5) is 6.17. The molecule has 0 radical (unpaired) electrons. The summed E-state index contributed by atoms with van der Waals surface area (Å²) < 4.78 is 50.2. The molecular weight excluding hydrogens is 475 g/mol. The molecule has 2 rings (SSSR count). The number of hydrogen-bond acceptors (Lipinski definition) is 2. The normalized spacial score (nSPS) is 16.7. The fraction of sp³-hybridized carbons (Fsp3) is 0.611. The Labute approximate surface area is 174 Å². The van der Waals surface area contributed by atoms with Gasteiger partial charge in [0.1, 0.15) is 5.82 Å². The molecule has 1 aromatic carbocycles. The van der Waals surface area contributed by atoms with E-state index in [4.69, 9.17) is 0 Å². The minimum atomic E-state index is -4.17. The van der Waals surface area contributed by atoms with Gasteiger partial charge < -0.3 is 10.6 Å². The van der Waals surface area contributed by atoms with Crippen LogP contribution in [0.3, 0.4) is 0 Å². The third kappa shape index (κ3) is 9.09. The highest BCUT2D eigenvalue weighted by Gasteiger charge is 2.26. The van der Waals surface area contributed by atoms with Crippen LogP contribution < -0.4 is 10.6 Å². The highest BCUT2D eigenvalue weighted by Crippen LogP contribution is 2.20. The molecule has 9 heteroatoms. The van der Waals surface area contributed by atoms with E-state index in [1.165, 1.54) is 6.07 Å². The Morgan fingerprint density at radius 1 is 1.19 bits per heavy atom. The van der Waals surface area contributed by atoms with Crippen LogP contribution in [0.2, 0.25) is 0 Å². The molecule has 1 saturated heterocycles. The minimum Gasteiger partial charge on any atom is -0.356 e. The average molecular weight is 502 g/mol. The largest absolute Gasteiger partial charge is 0.390 e. The van der Waals surface area contributed by atoms with Crippen molar-refractivity contribution < 1.29 is 17.6 Å². The van der Waals surface area contributed by atoms with Crippen LogP contribution in [0, 0.1) is 11.7 Å². The first-order chi connectivity index (χ1) is 12.4. The SMILES string of the molecule is CN=C(NCCC(F)(F)F)NCC1CCN(Cc2ccccc2F)CC1.I. The number of likely N-dealkylation sites (tertiary alicyclic amines) is 1. The fourth-order valence-electron chi connectivity index (χ4n) is 3.00. The maximum atomic E-state index is 13.7. The first kappa shape index (κ1) is 23.9. The second-order valence-corrected chi connectivity index (χ2v) is 6.56. The molecule has 1 aliphatic rings. The van der Waals surface area contributed by atoms with Crippen LogP contribution in [0.25, 0.3) is 0 Å². The second kappa shape index (κ2) is 11.7. The quantitative estimate of drug-likeness (QED) is 0.270. The molecule has 4 nitrogen and oxygen atoms in total. The summed E-state index contributed by atoms with van der Waals surface area (Å²) in [6.45, 7) is 2.83. The van der Waals surface area contributed by atoms with Crippen molar-refractivity contribution in [2.75, 3.05) is 33.2 Å². The number of halogens is 5. The van der Waals surface area contributed by atoms with Gasteiger partial charge in [0.25, 0.3) is 0 Å². The van der Waals surface area contributed by atoms with Crippen LogP contribution >= 0.6 is 24.0 Å². The molecule has 0 atom stereocenters. The fourth-order valence-corrected chi connectivity index (χ4v) is 3.00. The van der Waals surface area contributed by atoms with Crippen molar-refractivity contribution in [3.8, 4) is 0 Å². The molecule has 1 aliphatic heterocycles. The van der Waals surface area contributed by atoms with Gasteiger partial charge in [-0.05, 0) is 37.9 Å². The molecule has 0 unspecified atom stereocenters. The van der Waals surface area contributed by atoms with Gasteiger partial charge in [0.05, 0.1) is 6.42 Å². The van der Waals surface area contributed by atoms with E-state index in [0.29, 0.717) is 30.5 Å². The molecule has 0 aliphatic carbocycles. The molecule has 0 bridgehead atoms. The van der Waals surface area contributed by atoms with Crippen LogP contribution in [0.15, 0.2) is 29.3 Å². The molecule has 2 N–H and O–H groups in total. The molecule has 0 aromatic heterocycles. The van der Waals surface area contributed by atoms with Crippen LogP contribution in [-0.2, 0) is 6.54 Å². The van der Waals surface area contributed by atoms with Crippen LogP contribution in [0.1, 0.15) is 24.8 Å². The van der Waals surface area contributed by atoms with Gasteiger partial charge in [-0.2, -0.15) is 13.2 Å². The summed E-state index contributed by atoms with van der Waals surface area (Å²) in [7, 11) is 1.54. The van der Waals surface area contributed by atoms with Crippen molar-refractivity contribution in [3.05, 3.63) is 35.6 Å². The Kier molecular flexibility index (Phi) is 10.4. The predicted octanol–water partition coefficient (Wildman–Crippen LogP) is 3.77. The zero-order valence-electron chi connectivity index (χ0n) is 15.4. The number of rotatable bonds is 6. The number of alkyl halides is 3. The van der Waals surface area contributed by atoms with Gasteiger partial charge >= 0.3 is 6.18 Å². The zero-order chi connectivity index (χ0) is 19.0. The van der Waals surface area contributed by atoms with Crippen molar-refractivity contribution in [1.29, 1.82) is 0 Å². The molecule has 27 heavy (non-hydrogen) atoms. The standard InChI is InChI=1S/C18H26F4N4.HI/c1-23-17(24-9-8-18(20,21)22)25-12-14-6-10-26(11-7-14)13-15-4-2-3-5-16(15)19;/h2-5,14H,6-13H2,1H3,(H2,23,24,25);1H. The lowest BCUT2D eigenvalue weighted by Crippen LogP contribution is -2.43. The van der Waals surface area contributed by atoms with Crippen molar-refractivity contribution in [3.63, 3.8) is 0 Å². The van der Waals surface area contributed by atoms with Gasteiger partial charge in [-0.15, -0.1) is 24.0 Å². The Morgan fingerprint density at radius 3 is 2.44 bits per heavy atom. The van der Waals surface area contributed by atoms with E-state index < -0.39 is 12.6 Å². The van der Waals surface area contributed by atoms with E-state index in [0.717, 1.165) is 25.9 Å². The van der Waals surface area contributed by atoms with Crippen LogP contribution in [-0.4, -0.2) is 50.3 Å². The lowest BCUT2D eigenvalue weighted by atomic mass is 9.96. The predicted molar refractivity (Wildman–Crippen MR) is 110 cm³/mol. The number of benzene rings is 1. The number of hydrogen-bond donors (Lipinski definition) is 2. The summed E-state index contributed by atoms with van der Waals surface area (Å²) in [6.07, 6.45) is -3.14. The highest BCUT2D eigenvalue weighted by molar-refractivity contribution is 14.0. The monoisotopic (exact) mass is 502 g/mol. The summed E-state index contributed by atoms with van der Waals surface area (Å²) in [6, 6.07) is 6.81. The first-order valence-electron chi connectivity index (χ1n) is 8.84. The van der Waals surface area contributed by atoms with Gasteiger partial charge in [-0.1, -0.05) is 18.2 Å². The van der Waals surface area contributed by atoms with E-state index >= 15 is 0 Å². The molecule has 154 valence electrons. The van der Waals surface area contributed by atoms with Gasteiger partial charge in [0.15, 0.2) is 5.96 Å². The van der Waals surface area contributed by atoms with Gasteiger partial charge in [-0.3, -0.25) is 9.89 Å². The lowest BCUT2D eigenvalue weighted by Gasteiger charge is -2.32. The van der Waals surface area contributed by atoms with E-state index in [9.17, 15) is 17.6 Å². The third-order valence-corrected chi connectivity index (χ3v) is 4.54. The minimum absolute atomic E-state index is 0. The number of nitrogens with one attached hydrogen (secondary N) is 2. The van der Waals surface area contributed by atoms with Crippen molar-refractivity contribution >= 4 is 29.9 Å². The second-order valence-electron chi connectivity index (χ2n) is 6.56. The van der Waals surface area contributed by atoms with Gasteiger partial charge in [0.2, 0.25) is 0 Å². The van der Waals surface area contributed by atoms with Crippen molar-refractivity contribution in [2.45, 2.75) is 32.0 Å². The maximum absolute atomic E-state index is 13.7. The molecule has 1 heterocycles. The number of nitrogens with zero attached hydrogens (tertiary/aromatic N) is 2. The Hall–Kier alpha value is -1.10. The maximum Gasteiger partial charge on any atom is 0.390 e. The number of aliphatic imine (C=N–C) groups is 1. The van der Waals surface area contributed by atoms with Crippen molar-refractivity contribution in [1.82, 2.24) is 15.5 Å². The van der Waals surface area contributed by atoms with E-state index in [2.05, 4.69) is 20.5 Å². The molecule has 0 saturated carbocycles. The summed E-state index contributed by atoms with van der Waals surface area (Å²) in [5.41, 5.74) is 0.707. The average Bonchev–Trinajstić information content (AvgIpc) is 2.60. The third-order valence-electron chi connectivity index (χ3n) is 4.54. The van der Waals surface area contributed by atoms with Crippen molar-refractivity contribution in [2.24, 2.45) is 10.9 Å². The summed E-state index contributed by atoms with van der Waals surface area (Å²) in [5, 5.41) is 5.77. The molecule has 0 amide bonds. The summed E-state index contributed by atoms with van der Waals surface area (Å²) in [5.74, 6) is 0.640. The first-order valence-corrected chi connectivity index (χ1v) is 8.84. The Bertz CT molecular complexity index is 587. The molecular formula is C18H27F4IN4. The number of piperidine rings is 1. The Morgan fingerprint density at radius 2 is 1.85 bits per heavy atom. The summed E-state index contributed by atoms with van der Waals surface area (Å²) >= 11 is 0. The van der Waals surface area contributed by atoms with E-state index in [-0.39, 0.29) is 36.3 Å². The van der Waals surface area contributed by atoms with Gasteiger partial charge in [-0.25, -0.2) is 4.39 Å². The zero-order valence-corrected chi connectivity index (χ0v) is 17.7. The Balaban J connectivity index is 0.00000364. The van der Waals surface area contributed by atoms with E-state index in [1.54, 1.807) is 19.2 Å². The van der Waals surface area contributed by atoms with Gasteiger partial charge in [0, 0.05) is 32.2 Å². The number of guanidine groups is 1. The van der Waals surface area contributed by atoms with Crippen LogP contribution in [0.5, 0.6) is 0 Å². The van der Waals surface area contributed by atoms with E-state index in [1.807, 2.05) is 6.07 Å². The topological polar surface area (TPSA) is 39.7 Å². The molecule has 0 spiro atoms. The smallest absolute Gasteiger partial charge is 0.356 e. The highest BCUT2D eigenvalue weighted by atomic mass is 127. The van der Waals surface area contributed by atoms with Crippen LogP contribution in [0.4, 0.5) is 17.6 Å². The molecule has 1 fully saturated rings. The molecule has 1 aromatic rings. The lowest BCUT2D eigenvalue weighted by molar-refractivity contribution is -0.132.